The summed E-state index contributed by atoms with van der Waals surface area (Å²) in [6, 6.07) is 12.2. The molecule has 1 N–H and O–H groups in total. The molecule has 1 aromatic carbocycles. The van der Waals surface area contributed by atoms with Crippen molar-refractivity contribution >= 4 is 17.3 Å². The number of pyridine rings is 1. The van der Waals surface area contributed by atoms with Crippen molar-refractivity contribution in [1.82, 2.24) is 9.88 Å². The van der Waals surface area contributed by atoms with Crippen LogP contribution in [0.15, 0.2) is 59.6 Å². The number of benzene rings is 1. The lowest BCUT2D eigenvalue weighted by molar-refractivity contribution is -0.139. The van der Waals surface area contributed by atoms with Crippen LogP contribution in [0, 0.1) is 0 Å². The van der Waals surface area contributed by atoms with E-state index < -0.39 is 5.97 Å². The van der Waals surface area contributed by atoms with Gasteiger partial charge >= 0.3 is 5.97 Å². The SMILES string of the molecule is CC(c1ccncc1)N(C)Cc1cc(-c2ccsc2)ccc1OCC(=O)O. The summed E-state index contributed by atoms with van der Waals surface area (Å²) in [5, 5.41) is 13.1. The number of aliphatic carboxylic acids is 1. The molecule has 2 aromatic heterocycles. The summed E-state index contributed by atoms with van der Waals surface area (Å²) in [6.45, 7) is 2.42. The highest BCUT2D eigenvalue weighted by molar-refractivity contribution is 7.08. The van der Waals surface area contributed by atoms with Gasteiger partial charge < -0.3 is 9.84 Å². The van der Waals surface area contributed by atoms with E-state index in [1.165, 1.54) is 5.56 Å². The molecule has 0 saturated carbocycles. The topological polar surface area (TPSA) is 62.7 Å². The van der Waals surface area contributed by atoms with Crippen molar-refractivity contribution in [2.45, 2.75) is 19.5 Å². The number of thiophene rings is 1. The zero-order chi connectivity index (χ0) is 19.2. The quantitative estimate of drug-likeness (QED) is 0.623. The molecule has 0 spiro atoms. The first-order chi connectivity index (χ1) is 13.0. The first-order valence-corrected chi connectivity index (χ1v) is 9.59. The molecule has 3 rings (SSSR count). The number of aromatic nitrogens is 1. The number of nitrogens with zero attached hydrogens (tertiary/aromatic N) is 2. The van der Waals surface area contributed by atoms with E-state index in [0.29, 0.717) is 12.3 Å². The molecule has 1 unspecified atom stereocenters. The highest BCUT2D eigenvalue weighted by Gasteiger charge is 2.16. The molecule has 27 heavy (non-hydrogen) atoms. The molecule has 3 aromatic rings. The largest absolute Gasteiger partial charge is 0.482 e. The third kappa shape index (κ3) is 4.93. The predicted octanol–water partition coefficient (Wildman–Crippen LogP) is 4.47. The van der Waals surface area contributed by atoms with Gasteiger partial charge in [-0.25, -0.2) is 4.79 Å². The average Bonchev–Trinajstić information content (AvgIpc) is 3.21. The molecule has 140 valence electrons. The monoisotopic (exact) mass is 382 g/mol. The molecule has 1 atom stereocenters. The first kappa shape index (κ1) is 19.1. The Kier molecular flexibility index (Phi) is 6.21. The number of carboxylic acids is 1. The Bertz CT molecular complexity index is 882. The van der Waals surface area contributed by atoms with Crippen LogP contribution in [0.3, 0.4) is 0 Å². The van der Waals surface area contributed by atoms with Gasteiger partial charge in [-0.2, -0.15) is 11.3 Å². The van der Waals surface area contributed by atoms with E-state index in [1.54, 1.807) is 23.7 Å². The van der Waals surface area contributed by atoms with E-state index in [-0.39, 0.29) is 12.6 Å². The van der Waals surface area contributed by atoms with Crippen LogP contribution in [0.4, 0.5) is 0 Å². The summed E-state index contributed by atoms with van der Waals surface area (Å²) < 4.78 is 5.52. The van der Waals surface area contributed by atoms with E-state index >= 15 is 0 Å². The van der Waals surface area contributed by atoms with Gasteiger partial charge in [-0.15, -0.1) is 0 Å². The summed E-state index contributed by atoms with van der Waals surface area (Å²) in [4.78, 5) is 17.2. The van der Waals surface area contributed by atoms with E-state index in [0.717, 1.165) is 16.7 Å². The smallest absolute Gasteiger partial charge is 0.341 e. The lowest BCUT2D eigenvalue weighted by Gasteiger charge is -2.26. The summed E-state index contributed by atoms with van der Waals surface area (Å²) in [7, 11) is 2.04. The molecule has 0 saturated heterocycles. The Morgan fingerprint density at radius 3 is 2.67 bits per heavy atom. The number of carbonyl (C=O) groups is 1. The maximum absolute atomic E-state index is 10.9. The van der Waals surface area contributed by atoms with Crippen molar-refractivity contribution in [1.29, 1.82) is 0 Å². The van der Waals surface area contributed by atoms with Gasteiger partial charge in [0.05, 0.1) is 0 Å². The first-order valence-electron chi connectivity index (χ1n) is 8.65. The Morgan fingerprint density at radius 1 is 1.22 bits per heavy atom. The fourth-order valence-electron chi connectivity index (χ4n) is 2.89. The van der Waals surface area contributed by atoms with Gasteiger partial charge in [-0.05, 0) is 71.8 Å². The van der Waals surface area contributed by atoms with Gasteiger partial charge in [-0.3, -0.25) is 9.88 Å². The number of carboxylic acid groups (broad SMARTS) is 1. The van der Waals surface area contributed by atoms with Crippen molar-refractivity contribution in [3.05, 3.63) is 70.7 Å². The normalized spacial score (nSPS) is 12.1. The van der Waals surface area contributed by atoms with Crippen LogP contribution in [0.2, 0.25) is 0 Å². The van der Waals surface area contributed by atoms with Gasteiger partial charge in [0.15, 0.2) is 6.61 Å². The summed E-state index contributed by atoms with van der Waals surface area (Å²) >= 11 is 1.65. The highest BCUT2D eigenvalue weighted by atomic mass is 32.1. The molecule has 6 heteroatoms. The average molecular weight is 382 g/mol. The lowest BCUT2D eigenvalue weighted by atomic mass is 10.0. The summed E-state index contributed by atoms with van der Waals surface area (Å²) in [5.41, 5.74) is 4.38. The molecule has 0 aliphatic carbocycles. The Morgan fingerprint density at radius 2 is 2.00 bits per heavy atom. The Hall–Kier alpha value is -2.70. The van der Waals surface area contributed by atoms with Gasteiger partial charge in [0.1, 0.15) is 5.75 Å². The minimum atomic E-state index is -0.985. The summed E-state index contributed by atoms with van der Waals surface area (Å²) in [5.74, 6) is -0.383. The zero-order valence-corrected chi connectivity index (χ0v) is 16.1. The maximum Gasteiger partial charge on any atom is 0.341 e. The van der Waals surface area contributed by atoms with Crippen molar-refractivity contribution in [3.8, 4) is 16.9 Å². The molecule has 5 nitrogen and oxygen atoms in total. The maximum atomic E-state index is 10.9. The van der Waals surface area contributed by atoms with Crippen LogP contribution < -0.4 is 4.74 Å². The highest BCUT2D eigenvalue weighted by Crippen LogP contribution is 2.30. The third-order valence-corrected chi connectivity index (χ3v) is 5.22. The van der Waals surface area contributed by atoms with E-state index in [2.05, 4.69) is 34.3 Å². The predicted molar refractivity (Wildman–Crippen MR) is 107 cm³/mol. The molecular weight excluding hydrogens is 360 g/mol. The number of hydrogen-bond donors (Lipinski definition) is 1. The van der Waals surface area contributed by atoms with Crippen LogP contribution in [0.1, 0.15) is 24.1 Å². The van der Waals surface area contributed by atoms with Crippen LogP contribution >= 0.6 is 11.3 Å². The fourth-order valence-corrected chi connectivity index (χ4v) is 3.56. The van der Waals surface area contributed by atoms with Crippen molar-refractivity contribution in [3.63, 3.8) is 0 Å². The van der Waals surface area contributed by atoms with Crippen molar-refractivity contribution in [2.75, 3.05) is 13.7 Å². The van der Waals surface area contributed by atoms with Crippen LogP contribution in [-0.2, 0) is 11.3 Å². The van der Waals surface area contributed by atoms with Gasteiger partial charge in [0.25, 0.3) is 0 Å². The second-order valence-electron chi connectivity index (χ2n) is 6.39. The molecule has 0 amide bonds. The molecule has 0 bridgehead atoms. The molecule has 0 aliphatic rings. The van der Waals surface area contributed by atoms with Crippen molar-refractivity contribution in [2.24, 2.45) is 0 Å². The van der Waals surface area contributed by atoms with E-state index in [4.69, 9.17) is 9.84 Å². The number of rotatable bonds is 8. The van der Waals surface area contributed by atoms with Crippen LogP contribution in [0.5, 0.6) is 5.75 Å². The molecule has 0 aliphatic heterocycles. The van der Waals surface area contributed by atoms with E-state index in [9.17, 15) is 4.79 Å². The van der Waals surface area contributed by atoms with Crippen LogP contribution in [0.25, 0.3) is 11.1 Å². The number of ether oxygens (including phenoxy) is 1. The van der Waals surface area contributed by atoms with Gasteiger partial charge in [0, 0.05) is 30.5 Å². The van der Waals surface area contributed by atoms with E-state index in [1.807, 2.05) is 36.7 Å². The lowest BCUT2D eigenvalue weighted by Crippen LogP contribution is -2.22. The molecular formula is C21H22N2O3S. The second-order valence-corrected chi connectivity index (χ2v) is 7.17. The second kappa shape index (κ2) is 8.79. The number of hydrogen-bond acceptors (Lipinski definition) is 5. The Balaban J connectivity index is 1.85. The molecule has 0 radical (unpaired) electrons. The third-order valence-electron chi connectivity index (χ3n) is 4.54. The van der Waals surface area contributed by atoms with Crippen LogP contribution in [-0.4, -0.2) is 34.6 Å². The Labute approximate surface area is 162 Å². The molecule has 0 fully saturated rings. The van der Waals surface area contributed by atoms with Gasteiger partial charge in [0.2, 0.25) is 0 Å². The zero-order valence-electron chi connectivity index (χ0n) is 15.3. The standard InChI is InChI=1S/C21H22N2O3S/c1-15(16-5-8-22-9-6-16)23(2)12-19-11-17(18-7-10-27-14-18)3-4-20(19)26-13-21(24)25/h3-11,14-15H,12-13H2,1-2H3,(H,24,25). The fraction of sp³-hybridized carbons (Fsp3) is 0.238. The van der Waals surface area contributed by atoms with Gasteiger partial charge in [-0.1, -0.05) is 6.07 Å². The van der Waals surface area contributed by atoms with Crippen molar-refractivity contribution < 1.29 is 14.6 Å². The summed E-state index contributed by atoms with van der Waals surface area (Å²) in [6.07, 6.45) is 3.58. The molecule has 2 heterocycles. The minimum Gasteiger partial charge on any atom is -0.482 e. The minimum absolute atomic E-state index is 0.185.